The van der Waals surface area contributed by atoms with Gasteiger partial charge in [-0.1, -0.05) is 0 Å². The molecule has 0 spiro atoms. The van der Waals surface area contributed by atoms with E-state index >= 15 is 0 Å². The van der Waals surface area contributed by atoms with Crippen molar-refractivity contribution in [3.8, 4) is 0 Å². The van der Waals surface area contributed by atoms with Gasteiger partial charge in [-0.2, -0.15) is 0 Å². The van der Waals surface area contributed by atoms with Crippen molar-refractivity contribution in [1.29, 1.82) is 0 Å². The first-order valence-electron chi connectivity index (χ1n) is 7.21. The molecule has 1 aromatic carbocycles. The summed E-state index contributed by atoms with van der Waals surface area (Å²) in [6.07, 6.45) is 4.69. The Morgan fingerprint density at radius 3 is 2.25 bits per heavy atom. The van der Waals surface area contributed by atoms with Crippen molar-refractivity contribution in [2.75, 3.05) is 5.32 Å². The van der Waals surface area contributed by atoms with E-state index in [1.807, 2.05) is 0 Å². The molecule has 0 aromatic heterocycles. The molecule has 1 aromatic rings. The van der Waals surface area contributed by atoms with Gasteiger partial charge < -0.3 is 10.4 Å². The second-order valence-corrected chi connectivity index (χ2v) is 6.02. The highest BCUT2D eigenvalue weighted by Gasteiger charge is 2.45. The van der Waals surface area contributed by atoms with Crippen LogP contribution >= 0.6 is 0 Å². The number of benzene rings is 1. The largest absolute Gasteiger partial charge is 0.478 e. The number of aryl methyl sites for hydroxylation is 1. The van der Waals surface area contributed by atoms with Crippen LogP contribution in [0.15, 0.2) is 18.2 Å². The lowest BCUT2D eigenvalue weighted by Crippen LogP contribution is -2.26. The molecule has 0 unspecified atom stereocenters. The Hall–Kier alpha value is -1.84. The predicted molar refractivity (Wildman–Crippen MR) is 75.7 cm³/mol. The minimum Gasteiger partial charge on any atom is -0.478 e. The molecule has 3 rings (SSSR count). The number of rotatable bonds is 5. The first-order chi connectivity index (χ1) is 9.56. The van der Waals surface area contributed by atoms with Crippen molar-refractivity contribution in [3.63, 3.8) is 0 Å². The summed E-state index contributed by atoms with van der Waals surface area (Å²) in [4.78, 5) is 23.3. The fraction of sp³-hybridized carbons (Fsp3) is 0.500. The SMILES string of the molecule is Cc1cc(NC(=O)C(C2CC2)C2CC2)ccc1C(=O)O. The van der Waals surface area contributed by atoms with Gasteiger partial charge in [-0.3, -0.25) is 4.79 Å². The molecule has 0 bridgehead atoms. The molecule has 4 heteroatoms. The van der Waals surface area contributed by atoms with Crippen LogP contribution in [0, 0.1) is 24.7 Å². The zero-order valence-corrected chi connectivity index (χ0v) is 11.6. The lowest BCUT2D eigenvalue weighted by molar-refractivity contribution is -0.121. The third-order valence-corrected chi connectivity index (χ3v) is 4.29. The number of carbonyl (C=O) groups excluding carboxylic acids is 1. The number of anilines is 1. The van der Waals surface area contributed by atoms with Crippen molar-refractivity contribution in [2.24, 2.45) is 17.8 Å². The van der Waals surface area contributed by atoms with Crippen LogP contribution in [0.2, 0.25) is 0 Å². The molecule has 0 radical (unpaired) electrons. The van der Waals surface area contributed by atoms with Gasteiger partial charge in [-0.25, -0.2) is 4.79 Å². The first kappa shape index (κ1) is 13.2. The van der Waals surface area contributed by atoms with Gasteiger partial charge >= 0.3 is 5.97 Å². The molecule has 0 atom stereocenters. The maximum atomic E-state index is 12.4. The summed E-state index contributed by atoms with van der Waals surface area (Å²) in [5, 5.41) is 12.0. The van der Waals surface area contributed by atoms with Crippen LogP contribution in [0.25, 0.3) is 0 Å². The summed E-state index contributed by atoms with van der Waals surface area (Å²) in [5.74, 6) is 0.477. The predicted octanol–water partition coefficient (Wildman–Crippen LogP) is 3.07. The summed E-state index contributed by atoms with van der Waals surface area (Å²) in [5.41, 5.74) is 1.65. The van der Waals surface area contributed by atoms with Gasteiger partial charge in [0.2, 0.25) is 5.91 Å². The Morgan fingerprint density at radius 2 is 1.80 bits per heavy atom. The Kier molecular flexibility index (Phi) is 3.24. The van der Waals surface area contributed by atoms with Gasteiger partial charge in [0.05, 0.1) is 5.56 Å². The van der Waals surface area contributed by atoms with Crippen LogP contribution in [0.4, 0.5) is 5.69 Å². The van der Waals surface area contributed by atoms with Crippen molar-refractivity contribution in [3.05, 3.63) is 29.3 Å². The molecule has 106 valence electrons. The molecule has 4 nitrogen and oxygen atoms in total. The molecular weight excluding hydrogens is 254 g/mol. The Labute approximate surface area is 118 Å². The van der Waals surface area contributed by atoms with Crippen LogP contribution < -0.4 is 5.32 Å². The van der Waals surface area contributed by atoms with Crippen LogP contribution in [0.1, 0.15) is 41.6 Å². The number of hydrogen-bond acceptors (Lipinski definition) is 2. The summed E-state index contributed by atoms with van der Waals surface area (Å²) < 4.78 is 0. The van der Waals surface area contributed by atoms with Crippen molar-refractivity contribution in [2.45, 2.75) is 32.6 Å². The highest BCUT2D eigenvalue weighted by atomic mass is 16.4. The zero-order chi connectivity index (χ0) is 14.3. The molecule has 2 aliphatic carbocycles. The minimum atomic E-state index is -0.936. The smallest absolute Gasteiger partial charge is 0.335 e. The van der Waals surface area contributed by atoms with E-state index in [2.05, 4.69) is 5.32 Å². The molecule has 0 heterocycles. The summed E-state index contributed by atoms with van der Waals surface area (Å²) >= 11 is 0. The molecule has 2 fully saturated rings. The van der Waals surface area contributed by atoms with Crippen LogP contribution in [0.3, 0.4) is 0 Å². The molecule has 2 N–H and O–H groups in total. The van der Waals surface area contributed by atoms with Crippen molar-refractivity contribution < 1.29 is 14.7 Å². The highest BCUT2D eigenvalue weighted by Crippen LogP contribution is 2.49. The van der Waals surface area contributed by atoms with E-state index in [4.69, 9.17) is 5.11 Å². The Balaban J connectivity index is 1.72. The fourth-order valence-corrected chi connectivity index (χ4v) is 2.93. The van der Waals surface area contributed by atoms with Gasteiger partial charge in [0.1, 0.15) is 0 Å². The van der Waals surface area contributed by atoms with Gasteiger partial charge in [-0.05, 0) is 68.2 Å². The lowest BCUT2D eigenvalue weighted by Gasteiger charge is -2.16. The van der Waals surface area contributed by atoms with Gasteiger partial charge in [-0.15, -0.1) is 0 Å². The number of carbonyl (C=O) groups is 2. The Morgan fingerprint density at radius 1 is 1.20 bits per heavy atom. The average molecular weight is 273 g/mol. The average Bonchev–Trinajstić information content (AvgIpc) is 3.23. The van der Waals surface area contributed by atoms with E-state index in [0.717, 1.165) is 0 Å². The molecule has 1 amide bonds. The maximum absolute atomic E-state index is 12.4. The lowest BCUT2D eigenvalue weighted by atomic mass is 9.96. The molecule has 20 heavy (non-hydrogen) atoms. The number of carboxylic acid groups (broad SMARTS) is 1. The van der Waals surface area contributed by atoms with Crippen LogP contribution in [-0.4, -0.2) is 17.0 Å². The number of hydrogen-bond donors (Lipinski definition) is 2. The van der Waals surface area contributed by atoms with Crippen LogP contribution in [-0.2, 0) is 4.79 Å². The Bertz CT molecular complexity index is 547. The highest BCUT2D eigenvalue weighted by molar-refractivity contribution is 5.95. The first-order valence-corrected chi connectivity index (χ1v) is 7.21. The number of nitrogens with one attached hydrogen (secondary N) is 1. The monoisotopic (exact) mass is 273 g/mol. The number of amides is 1. The maximum Gasteiger partial charge on any atom is 0.335 e. The van der Waals surface area contributed by atoms with Crippen molar-refractivity contribution >= 4 is 17.6 Å². The molecule has 0 saturated heterocycles. The normalized spacial score (nSPS) is 18.1. The number of carboxylic acids is 1. The summed E-state index contributed by atoms with van der Waals surface area (Å²) in [7, 11) is 0. The topological polar surface area (TPSA) is 66.4 Å². The third-order valence-electron chi connectivity index (χ3n) is 4.29. The second-order valence-electron chi connectivity index (χ2n) is 6.02. The molecule has 2 aliphatic rings. The van der Waals surface area contributed by atoms with E-state index in [-0.39, 0.29) is 17.4 Å². The van der Waals surface area contributed by atoms with Gasteiger partial charge in [0.25, 0.3) is 0 Å². The molecule has 2 saturated carbocycles. The van der Waals surface area contributed by atoms with E-state index in [1.165, 1.54) is 25.7 Å². The standard InChI is InChI=1S/C16H19NO3/c1-9-8-12(6-7-13(9)16(19)20)17-15(18)14(10-2-3-10)11-4-5-11/h6-8,10-11,14H,2-5H2,1H3,(H,17,18)(H,19,20). The zero-order valence-electron chi connectivity index (χ0n) is 11.6. The van der Waals surface area contributed by atoms with E-state index in [9.17, 15) is 9.59 Å². The van der Waals surface area contributed by atoms with Gasteiger partial charge in [0.15, 0.2) is 0 Å². The summed E-state index contributed by atoms with van der Waals surface area (Å²) in [6, 6.07) is 4.96. The minimum absolute atomic E-state index is 0.109. The third kappa shape index (κ3) is 2.69. The van der Waals surface area contributed by atoms with E-state index in [1.54, 1.807) is 25.1 Å². The summed E-state index contributed by atoms with van der Waals surface area (Å²) in [6.45, 7) is 1.75. The second kappa shape index (κ2) is 4.93. The van der Waals surface area contributed by atoms with Crippen LogP contribution in [0.5, 0.6) is 0 Å². The van der Waals surface area contributed by atoms with E-state index in [0.29, 0.717) is 23.1 Å². The molecular formula is C16H19NO3. The fourth-order valence-electron chi connectivity index (χ4n) is 2.93. The van der Waals surface area contributed by atoms with Crippen molar-refractivity contribution in [1.82, 2.24) is 0 Å². The number of aromatic carboxylic acids is 1. The molecule has 0 aliphatic heterocycles. The quantitative estimate of drug-likeness (QED) is 0.866. The van der Waals surface area contributed by atoms with E-state index < -0.39 is 5.97 Å². The van der Waals surface area contributed by atoms with Gasteiger partial charge in [0, 0.05) is 11.6 Å².